The molecule has 3 aromatic rings. The van der Waals surface area contributed by atoms with E-state index in [9.17, 15) is 9.59 Å². The van der Waals surface area contributed by atoms with Gasteiger partial charge in [-0.3, -0.25) is 9.59 Å². The van der Waals surface area contributed by atoms with Gasteiger partial charge in [0.15, 0.2) is 11.0 Å². The molecule has 0 saturated heterocycles. The minimum atomic E-state index is -0.105. The van der Waals surface area contributed by atoms with Crippen LogP contribution in [0.5, 0.6) is 5.75 Å². The fourth-order valence-electron chi connectivity index (χ4n) is 3.31. The Labute approximate surface area is 198 Å². The SMILES string of the molecule is CCn1c(CNC(=O)Cc2ccc(OC)cc2)nnc1SCC(=O)Nc1ccc(C)cc1C. The van der Waals surface area contributed by atoms with Crippen molar-refractivity contribution in [3.05, 3.63) is 65.0 Å². The van der Waals surface area contributed by atoms with Crippen molar-refractivity contribution in [2.24, 2.45) is 0 Å². The number of aromatic nitrogens is 3. The van der Waals surface area contributed by atoms with Gasteiger partial charge in [-0.05, 0) is 50.1 Å². The quantitative estimate of drug-likeness (QED) is 0.443. The number of nitrogens with zero attached hydrogens (tertiary/aromatic N) is 3. The summed E-state index contributed by atoms with van der Waals surface area (Å²) in [5.41, 5.74) is 3.89. The van der Waals surface area contributed by atoms with Crippen molar-refractivity contribution in [1.29, 1.82) is 0 Å². The fraction of sp³-hybridized carbons (Fsp3) is 0.333. The molecule has 9 heteroatoms. The number of ether oxygens (including phenoxy) is 1. The number of aryl methyl sites for hydroxylation is 2. The number of carbonyl (C=O) groups excluding carboxylic acids is 2. The Kier molecular flexibility index (Phi) is 8.48. The lowest BCUT2D eigenvalue weighted by atomic mass is 10.1. The third-order valence-electron chi connectivity index (χ3n) is 5.07. The fourth-order valence-corrected chi connectivity index (χ4v) is 4.13. The Morgan fingerprint density at radius 2 is 1.82 bits per heavy atom. The number of methoxy groups -OCH3 is 1. The highest BCUT2D eigenvalue weighted by atomic mass is 32.2. The van der Waals surface area contributed by atoms with E-state index in [1.54, 1.807) is 7.11 Å². The number of hydrogen-bond acceptors (Lipinski definition) is 6. The molecule has 0 aliphatic heterocycles. The van der Waals surface area contributed by atoms with Crippen LogP contribution in [0, 0.1) is 13.8 Å². The predicted octanol–water partition coefficient (Wildman–Crippen LogP) is 3.51. The van der Waals surface area contributed by atoms with Crippen LogP contribution in [-0.2, 0) is 29.1 Å². The van der Waals surface area contributed by atoms with Gasteiger partial charge in [0, 0.05) is 12.2 Å². The molecule has 0 aliphatic carbocycles. The molecular weight excluding hydrogens is 438 g/mol. The summed E-state index contributed by atoms with van der Waals surface area (Å²) in [7, 11) is 1.61. The van der Waals surface area contributed by atoms with Crippen LogP contribution in [0.1, 0.15) is 29.4 Å². The number of amides is 2. The summed E-state index contributed by atoms with van der Waals surface area (Å²) in [5, 5.41) is 14.9. The Hall–Kier alpha value is -3.33. The molecule has 1 heterocycles. The topological polar surface area (TPSA) is 98.1 Å². The van der Waals surface area contributed by atoms with E-state index in [0.29, 0.717) is 17.5 Å². The van der Waals surface area contributed by atoms with Crippen LogP contribution in [-0.4, -0.2) is 39.4 Å². The average Bonchev–Trinajstić information content (AvgIpc) is 3.20. The van der Waals surface area contributed by atoms with E-state index in [1.807, 2.05) is 67.8 Å². The molecule has 1 aromatic heterocycles. The number of rotatable bonds is 10. The standard InChI is InChI=1S/C24H29N5O3S/c1-5-29-21(14-25-22(30)13-18-7-9-19(32-4)10-8-18)27-28-24(29)33-15-23(31)26-20-11-6-16(2)12-17(20)3/h6-12H,5,13-15H2,1-4H3,(H,25,30)(H,26,31). The first-order valence-corrected chi connectivity index (χ1v) is 11.7. The molecule has 2 N–H and O–H groups in total. The van der Waals surface area contributed by atoms with Crippen LogP contribution in [0.4, 0.5) is 5.69 Å². The highest BCUT2D eigenvalue weighted by molar-refractivity contribution is 7.99. The molecule has 2 amide bonds. The van der Waals surface area contributed by atoms with Crippen molar-refractivity contribution in [3.63, 3.8) is 0 Å². The van der Waals surface area contributed by atoms with Crippen LogP contribution in [0.2, 0.25) is 0 Å². The zero-order chi connectivity index (χ0) is 23.8. The van der Waals surface area contributed by atoms with E-state index in [4.69, 9.17) is 4.74 Å². The largest absolute Gasteiger partial charge is 0.497 e. The molecule has 0 bridgehead atoms. The Bertz CT molecular complexity index is 1110. The average molecular weight is 468 g/mol. The lowest BCUT2D eigenvalue weighted by Gasteiger charge is -2.10. The molecule has 0 atom stereocenters. The van der Waals surface area contributed by atoms with Gasteiger partial charge >= 0.3 is 0 Å². The smallest absolute Gasteiger partial charge is 0.234 e. The van der Waals surface area contributed by atoms with Gasteiger partial charge in [0.1, 0.15) is 5.75 Å². The van der Waals surface area contributed by atoms with Gasteiger partial charge in [0.2, 0.25) is 11.8 Å². The zero-order valence-electron chi connectivity index (χ0n) is 19.3. The molecule has 0 radical (unpaired) electrons. The normalized spacial score (nSPS) is 10.7. The first kappa shape index (κ1) is 24.3. The van der Waals surface area contributed by atoms with Gasteiger partial charge in [-0.25, -0.2) is 0 Å². The van der Waals surface area contributed by atoms with Crippen LogP contribution in [0.3, 0.4) is 0 Å². The van der Waals surface area contributed by atoms with E-state index in [2.05, 4.69) is 20.8 Å². The maximum absolute atomic E-state index is 12.4. The van der Waals surface area contributed by atoms with Gasteiger partial charge in [0.25, 0.3) is 0 Å². The van der Waals surface area contributed by atoms with Crippen LogP contribution in [0.25, 0.3) is 0 Å². The van der Waals surface area contributed by atoms with Crippen molar-refractivity contribution in [2.45, 2.75) is 45.4 Å². The second-order valence-corrected chi connectivity index (χ2v) is 8.54. The van der Waals surface area contributed by atoms with Gasteiger partial charge in [-0.15, -0.1) is 10.2 Å². The summed E-state index contributed by atoms with van der Waals surface area (Å²) < 4.78 is 7.04. The van der Waals surface area contributed by atoms with E-state index in [1.165, 1.54) is 11.8 Å². The molecule has 0 fully saturated rings. The number of carbonyl (C=O) groups is 2. The minimum Gasteiger partial charge on any atom is -0.497 e. The molecule has 0 saturated carbocycles. The van der Waals surface area contributed by atoms with Crippen LogP contribution in [0.15, 0.2) is 47.6 Å². The van der Waals surface area contributed by atoms with Gasteiger partial charge < -0.3 is 19.9 Å². The highest BCUT2D eigenvalue weighted by Crippen LogP contribution is 2.20. The predicted molar refractivity (Wildman–Crippen MR) is 130 cm³/mol. The van der Waals surface area contributed by atoms with Crippen molar-refractivity contribution in [2.75, 3.05) is 18.2 Å². The molecule has 3 rings (SSSR count). The third-order valence-corrected chi connectivity index (χ3v) is 6.03. The van der Waals surface area contributed by atoms with Gasteiger partial charge in [-0.2, -0.15) is 0 Å². The summed E-state index contributed by atoms with van der Waals surface area (Å²) in [5.74, 6) is 1.41. The second-order valence-electron chi connectivity index (χ2n) is 7.60. The Balaban J connectivity index is 1.52. The van der Waals surface area contributed by atoms with Crippen molar-refractivity contribution >= 4 is 29.3 Å². The van der Waals surface area contributed by atoms with Gasteiger partial charge in [0.05, 0.1) is 25.8 Å². The molecule has 2 aromatic carbocycles. The maximum Gasteiger partial charge on any atom is 0.234 e. The van der Waals surface area contributed by atoms with Crippen molar-refractivity contribution in [1.82, 2.24) is 20.1 Å². The third kappa shape index (κ3) is 6.82. The zero-order valence-corrected chi connectivity index (χ0v) is 20.2. The molecule has 0 spiro atoms. The number of hydrogen-bond donors (Lipinski definition) is 2. The lowest BCUT2D eigenvalue weighted by molar-refractivity contribution is -0.120. The Morgan fingerprint density at radius 3 is 2.48 bits per heavy atom. The van der Waals surface area contributed by atoms with E-state index >= 15 is 0 Å². The maximum atomic E-state index is 12.4. The number of anilines is 1. The Morgan fingerprint density at radius 1 is 1.06 bits per heavy atom. The summed E-state index contributed by atoms with van der Waals surface area (Å²) in [4.78, 5) is 24.7. The molecule has 8 nitrogen and oxygen atoms in total. The second kappa shape index (κ2) is 11.5. The molecule has 0 aliphatic rings. The molecule has 0 unspecified atom stereocenters. The van der Waals surface area contributed by atoms with Crippen molar-refractivity contribution in [3.8, 4) is 5.75 Å². The molecule has 33 heavy (non-hydrogen) atoms. The monoisotopic (exact) mass is 467 g/mol. The number of benzene rings is 2. The van der Waals surface area contributed by atoms with E-state index < -0.39 is 0 Å². The van der Waals surface area contributed by atoms with Crippen LogP contribution >= 0.6 is 11.8 Å². The number of thioether (sulfide) groups is 1. The van der Waals surface area contributed by atoms with Crippen molar-refractivity contribution < 1.29 is 14.3 Å². The van der Waals surface area contributed by atoms with Crippen LogP contribution < -0.4 is 15.4 Å². The number of nitrogens with one attached hydrogen (secondary N) is 2. The summed E-state index contributed by atoms with van der Waals surface area (Å²) >= 11 is 1.32. The van der Waals surface area contributed by atoms with E-state index in [-0.39, 0.29) is 30.5 Å². The first-order chi connectivity index (χ1) is 15.9. The minimum absolute atomic E-state index is 0.104. The highest BCUT2D eigenvalue weighted by Gasteiger charge is 2.15. The first-order valence-electron chi connectivity index (χ1n) is 10.7. The summed E-state index contributed by atoms with van der Waals surface area (Å²) in [6, 6.07) is 13.3. The van der Waals surface area contributed by atoms with Gasteiger partial charge in [-0.1, -0.05) is 41.6 Å². The lowest BCUT2D eigenvalue weighted by Crippen LogP contribution is -2.26. The summed E-state index contributed by atoms with van der Waals surface area (Å²) in [6.45, 7) is 6.87. The molecular formula is C24H29N5O3S. The molecule has 174 valence electrons. The summed E-state index contributed by atoms with van der Waals surface area (Å²) in [6.07, 6.45) is 0.268. The van der Waals surface area contributed by atoms with E-state index in [0.717, 1.165) is 28.1 Å².